The van der Waals surface area contributed by atoms with E-state index >= 15 is 0 Å². The van der Waals surface area contributed by atoms with E-state index in [0.29, 0.717) is 6.42 Å². The first kappa shape index (κ1) is 13.8. The minimum absolute atomic E-state index is 0.169. The molecule has 0 aliphatic carbocycles. The molecule has 1 aliphatic rings. The Morgan fingerprint density at radius 2 is 2.28 bits per heavy atom. The van der Waals surface area contributed by atoms with E-state index in [9.17, 15) is 4.39 Å². The molecule has 2 atom stereocenters. The van der Waals surface area contributed by atoms with Crippen molar-refractivity contribution in [2.45, 2.75) is 44.2 Å². The SMILES string of the molecule is CC1(C(N)Cc2cccc(F)c2Cl)CCCCO1. The van der Waals surface area contributed by atoms with Crippen LogP contribution in [0.4, 0.5) is 4.39 Å². The topological polar surface area (TPSA) is 35.2 Å². The van der Waals surface area contributed by atoms with Gasteiger partial charge in [0.25, 0.3) is 0 Å². The van der Waals surface area contributed by atoms with Gasteiger partial charge in [-0.15, -0.1) is 0 Å². The Bertz CT molecular complexity index is 418. The molecule has 1 aromatic carbocycles. The average molecular weight is 272 g/mol. The van der Waals surface area contributed by atoms with E-state index in [1.165, 1.54) is 6.07 Å². The zero-order chi connectivity index (χ0) is 13.2. The van der Waals surface area contributed by atoms with Gasteiger partial charge >= 0.3 is 0 Å². The minimum atomic E-state index is -0.393. The maximum Gasteiger partial charge on any atom is 0.142 e. The van der Waals surface area contributed by atoms with Crippen molar-refractivity contribution >= 4 is 11.6 Å². The van der Waals surface area contributed by atoms with E-state index in [2.05, 4.69) is 0 Å². The second-order valence-corrected chi connectivity index (χ2v) is 5.52. The van der Waals surface area contributed by atoms with Crippen molar-refractivity contribution in [1.82, 2.24) is 0 Å². The van der Waals surface area contributed by atoms with Crippen molar-refractivity contribution in [3.05, 3.63) is 34.6 Å². The van der Waals surface area contributed by atoms with Gasteiger partial charge in [0, 0.05) is 12.6 Å². The fourth-order valence-electron chi connectivity index (χ4n) is 2.41. The Kier molecular flexibility index (Phi) is 4.25. The molecule has 0 radical (unpaired) electrons. The van der Waals surface area contributed by atoms with E-state index in [-0.39, 0.29) is 16.7 Å². The van der Waals surface area contributed by atoms with Crippen molar-refractivity contribution in [3.63, 3.8) is 0 Å². The van der Waals surface area contributed by atoms with Gasteiger partial charge in [-0.3, -0.25) is 0 Å². The summed E-state index contributed by atoms with van der Waals surface area (Å²) in [6, 6.07) is 4.66. The molecule has 2 N–H and O–H groups in total. The maximum atomic E-state index is 13.4. The number of ether oxygens (including phenoxy) is 1. The van der Waals surface area contributed by atoms with Crippen molar-refractivity contribution in [2.75, 3.05) is 6.61 Å². The Labute approximate surface area is 112 Å². The molecule has 0 bridgehead atoms. The average Bonchev–Trinajstić information content (AvgIpc) is 2.36. The second-order valence-electron chi connectivity index (χ2n) is 5.14. The van der Waals surface area contributed by atoms with Crippen molar-refractivity contribution < 1.29 is 9.13 Å². The van der Waals surface area contributed by atoms with Gasteiger partial charge in [0.1, 0.15) is 5.82 Å². The van der Waals surface area contributed by atoms with Gasteiger partial charge < -0.3 is 10.5 Å². The summed E-state index contributed by atoms with van der Waals surface area (Å²) in [5, 5.41) is 0.173. The van der Waals surface area contributed by atoms with Crippen LogP contribution < -0.4 is 5.73 Å². The highest BCUT2D eigenvalue weighted by Gasteiger charge is 2.34. The number of rotatable bonds is 3. The van der Waals surface area contributed by atoms with Crippen LogP contribution in [0.5, 0.6) is 0 Å². The molecule has 100 valence electrons. The third-order valence-corrected chi connectivity index (χ3v) is 4.18. The van der Waals surface area contributed by atoms with Gasteiger partial charge in [-0.05, 0) is 44.2 Å². The summed E-state index contributed by atoms with van der Waals surface area (Å²) in [6.07, 6.45) is 3.69. The van der Waals surface area contributed by atoms with Crippen LogP contribution in [0.25, 0.3) is 0 Å². The zero-order valence-corrected chi connectivity index (χ0v) is 11.3. The molecule has 0 amide bonds. The number of halogens is 2. The molecule has 1 aliphatic heterocycles. The van der Waals surface area contributed by atoms with Crippen LogP contribution >= 0.6 is 11.6 Å². The zero-order valence-electron chi connectivity index (χ0n) is 10.6. The van der Waals surface area contributed by atoms with Crippen LogP contribution in [-0.4, -0.2) is 18.2 Å². The lowest BCUT2D eigenvalue weighted by Crippen LogP contribution is -2.50. The van der Waals surface area contributed by atoms with Crippen LogP contribution in [0.1, 0.15) is 31.7 Å². The lowest BCUT2D eigenvalue weighted by Gasteiger charge is -2.39. The van der Waals surface area contributed by atoms with Gasteiger partial charge in [-0.2, -0.15) is 0 Å². The number of nitrogens with two attached hydrogens (primary N) is 1. The Morgan fingerprint density at radius 3 is 2.94 bits per heavy atom. The molecule has 1 aromatic rings. The number of benzene rings is 1. The molecule has 2 unspecified atom stereocenters. The molecule has 2 rings (SSSR count). The van der Waals surface area contributed by atoms with Gasteiger partial charge in [0.2, 0.25) is 0 Å². The van der Waals surface area contributed by atoms with Gasteiger partial charge in [0.05, 0.1) is 10.6 Å². The highest BCUT2D eigenvalue weighted by molar-refractivity contribution is 6.31. The normalized spacial score (nSPS) is 26.0. The maximum absolute atomic E-state index is 13.4. The van der Waals surface area contributed by atoms with Crippen LogP contribution in [0, 0.1) is 5.82 Å². The highest BCUT2D eigenvalue weighted by atomic mass is 35.5. The summed E-state index contributed by atoms with van der Waals surface area (Å²) in [5.41, 5.74) is 6.65. The summed E-state index contributed by atoms with van der Waals surface area (Å²) >= 11 is 5.95. The first-order valence-corrected chi connectivity index (χ1v) is 6.73. The second kappa shape index (κ2) is 5.55. The third kappa shape index (κ3) is 2.85. The van der Waals surface area contributed by atoms with E-state index in [1.807, 2.05) is 13.0 Å². The first-order valence-electron chi connectivity index (χ1n) is 6.35. The summed E-state index contributed by atoms with van der Waals surface area (Å²) in [6.45, 7) is 2.78. The molecule has 4 heteroatoms. The molecule has 1 heterocycles. The van der Waals surface area contributed by atoms with E-state index in [1.54, 1.807) is 6.07 Å². The summed E-state index contributed by atoms with van der Waals surface area (Å²) < 4.78 is 19.2. The molecule has 1 fully saturated rings. The van der Waals surface area contributed by atoms with Crippen LogP contribution in [-0.2, 0) is 11.2 Å². The van der Waals surface area contributed by atoms with Crippen LogP contribution in [0.15, 0.2) is 18.2 Å². The highest BCUT2D eigenvalue weighted by Crippen LogP contribution is 2.30. The van der Waals surface area contributed by atoms with E-state index < -0.39 is 5.82 Å². The molecular formula is C14H19ClFNO. The van der Waals surface area contributed by atoms with Crippen LogP contribution in [0.2, 0.25) is 5.02 Å². The molecule has 0 aromatic heterocycles. The van der Waals surface area contributed by atoms with Gasteiger partial charge in [-0.25, -0.2) is 4.39 Å². The number of hydrogen-bond donors (Lipinski definition) is 1. The first-order chi connectivity index (χ1) is 8.53. The van der Waals surface area contributed by atoms with Gasteiger partial charge in [0.15, 0.2) is 0 Å². The van der Waals surface area contributed by atoms with Gasteiger partial charge in [-0.1, -0.05) is 23.7 Å². The van der Waals surface area contributed by atoms with E-state index in [0.717, 1.165) is 31.4 Å². The van der Waals surface area contributed by atoms with Crippen molar-refractivity contribution in [2.24, 2.45) is 5.73 Å². The minimum Gasteiger partial charge on any atom is -0.374 e. The Morgan fingerprint density at radius 1 is 1.50 bits per heavy atom. The lowest BCUT2D eigenvalue weighted by atomic mass is 9.85. The Hall–Kier alpha value is -0.640. The molecule has 1 saturated heterocycles. The summed E-state index contributed by atoms with van der Waals surface area (Å²) in [4.78, 5) is 0. The molecule has 18 heavy (non-hydrogen) atoms. The molecule has 2 nitrogen and oxygen atoms in total. The number of hydrogen-bond acceptors (Lipinski definition) is 2. The predicted molar refractivity (Wildman–Crippen MR) is 71.3 cm³/mol. The van der Waals surface area contributed by atoms with Crippen LogP contribution in [0.3, 0.4) is 0 Å². The van der Waals surface area contributed by atoms with Crippen molar-refractivity contribution in [3.8, 4) is 0 Å². The molecule has 0 spiro atoms. The summed E-state index contributed by atoms with van der Waals surface area (Å²) in [7, 11) is 0. The summed E-state index contributed by atoms with van der Waals surface area (Å²) in [5.74, 6) is -0.393. The molecule has 0 saturated carbocycles. The smallest absolute Gasteiger partial charge is 0.142 e. The van der Waals surface area contributed by atoms with Crippen molar-refractivity contribution in [1.29, 1.82) is 0 Å². The largest absolute Gasteiger partial charge is 0.374 e. The monoisotopic (exact) mass is 271 g/mol. The fraction of sp³-hybridized carbons (Fsp3) is 0.571. The quantitative estimate of drug-likeness (QED) is 0.915. The molecular weight excluding hydrogens is 253 g/mol. The lowest BCUT2D eigenvalue weighted by molar-refractivity contribution is -0.0808. The predicted octanol–water partition coefficient (Wildman–Crippen LogP) is 3.31. The standard InChI is InChI=1S/C14H19ClFNO/c1-14(7-2-3-8-18-14)12(17)9-10-5-4-6-11(16)13(10)15/h4-6,12H,2-3,7-9,17H2,1H3. The Balaban J connectivity index is 2.10. The fourth-order valence-corrected chi connectivity index (χ4v) is 2.61. The van der Waals surface area contributed by atoms with E-state index in [4.69, 9.17) is 22.1 Å². The third-order valence-electron chi connectivity index (χ3n) is 3.76.